The predicted molar refractivity (Wildman–Crippen MR) is 99.0 cm³/mol. The van der Waals surface area contributed by atoms with Gasteiger partial charge >= 0.3 is 5.97 Å². The lowest BCUT2D eigenvalue weighted by molar-refractivity contribution is -0.154. The Hall–Kier alpha value is -1.66. The molecule has 0 spiro atoms. The molecule has 1 atom stereocenters. The molecule has 0 radical (unpaired) electrons. The maximum absolute atomic E-state index is 12.2. The first-order valence-corrected chi connectivity index (χ1v) is 9.39. The molecule has 3 heteroatoms. The largest absolute Gasteiger partial charge is 0.460 e. The lowest BCUT2D eigenvalue weighted by atomic mass is 10.2. The molecule has 2 nitrogen and oxygen atoms in total. The van der Waals surface area contributed by atoms with Gasteiger partial charge in [-0.1, -0.05) is 67.6 Å². The maximum atomic E-state index is 12.2. The monoisotopic (exact) mass is 328 g/mol. The Labute approximate surface area is 140 Å². The first-order chi connectivity index (χ1) is 10.9. The zero-order valence-corrected chi connectivity index (χ0v) is 15.2. The molecule has 0 heterocycles. The zero-order valence-electron chi connectivity index (χ0n) is 14.3. The predicted octanol–water partition coefficient (Wildman–Crippen LogP) is 4.24. The SMILES string of the molecule is CC(CC(=O)OC(C)(C)C)P(c1ccccc1)c1ccccc1. The summed E-state index contributed by atoms with van der Waals surface area (Å²) in [6, 6.07) is 20.9. The summed E-state index contributed by atoms with van der Waals surface area (Å²) in [5.74, 6) is -0.121. The number of benzene rings is 2. The van der Waals surface area contributed by atoms with Crippen LogP contribution in [0.4, 0.5) is 0 Å². The summed E-state index contributed by atoms with van der Waals surface area (Å²) in [5, 5.41) is 2.59. The Morgan fingerprint density at radius 1 is 0.957 bits per heavy atom. The minimum atomic E-state index is -0.587. The molecule has 2 aromatic rings. The molecule has 0 bridgehead atoms. The topological polar surface area (TPSA) is 26.3 Å². The van der Waals surface area contributed by atoms with Crippen molar-refractivity contribution in [3.8, 4) is 0 Å². The molecule has 0 saturated heterocycles. The number of hydrogen-bond acceptors (Lipinski definition) is 2. The van der Waals surface area contributed by atoms with Crippen LogP contribution in [0.1, 0.15) is 34.1 Å². The van der Waals surface area contributed by atoms with Crippen molar-refractivity contribution < 1.29 is 9.53 Å². The van der Waals surface area contributed by atoms with Gasteiger partial charge in [-0.25, -0.2) is 0 Å². The lowest BCUT2D eigenvalue weighted by Gasteiger charge is -2.27. The molecule has 0 aliphatic carbocycles. The molecular formula is C20H25O2P. The second kappa shape index (κ2) is 7.75. The van der Waals surface area contributed by atoms with E-state index in [1.807, 2.05) is 32.9 Å². The van der Waals surface area contributed by atoms with Gasteiger partial charge < -0.3 is 4.74 Å². The highest BCUT2D eigenvalue weighted by atomic mass is 31.1. The first-order valence-electron chi connectivity index (χ1n) is 7.98. The highest BCUT2D eigenvalue weighted by Crippen LogP contribution is 2.41. The molecule has 2 aromatic carbocycles. The molecule has 0 amide bonds. The van der Waals surface area contributed by atoms with Crippen LogP contribution in [0.2, 0.25) is 0 Å². The Morgan fingerprint density at radius 2 is 1.39 bits per heavy atom. The number of esters is 1. The van der Waals surface area contributed by atoms with E-state index in [-0.39, 0.29) is 11.6 Å². The minimum absolute atomic E-state index is 0.121. The summed E-state index contributed by atoms with van der Waals surface area (Å²) in [6.45, 7) is 7.88. The third-order valence-corrected chi connectivity index (χ3v) is 6.16. The van der Waals surface area contributed by atoms with Gasteiger partial charge in [0.25, 0.3) is 0 Å². The lowest BCUT2D eigenvalue weighted by Crippen LogP contribution is -2.28. The van der Waals surface area contributed by atoms with Gasteiger partial charge in [-0.2, -0.15) is 0 Å². The van der Waals surface area contributed by atoms with Crippen molar-refractivity contribution in [2.45, 2.75) is 45.4 Å². The van der Waals surface area contributed by atoms with Gasteiger partial charge in [0.1, 0.15) is 5.60 Å². The molecule has 0 fully saturated rings. The van der Waals surface area contributed by atoms with Crippen molar-refractivity contribution in [1.82, 2.24) is 0 Å². The summed E-state index contributed by atoms with van der Waals surface area (Å²) in [4.78, 5) is 12.2. The van der Waals surface area contributed by atoms with E-state index in [0.717, 1.165) is 0 Å². The van der Waals surface area contributed by atoms with E-state index in [1.54, 1.807) is 0 Å². The van der Waals surface area contributed by atoms with E-state index in [2.05, 4.69) is 55.5 Å². The first kappa shape index (κ1) is 17.7. The quantitative estimate of drug-likeness (QED) is 0.606. The van der Waals surface area contributed by atoms with Crippen molar-refractivity contribution in [2.75, 3.05) is 0 Å². The van der Waals surface area contributed by atoms with Crippen LogP contribution < -0.4 is 10.6 Å². The van der Waals surface area contributed by atoms with Crippen molar-refractivity contribution in [3.63, 3.8) is 0 Å². The average molecular weight is 328 g/mol. The second-order valence-corrected chi connectivity index (χ2v) is 9.34. The molecular weight excluding hydrogens is 303 g/mol. The summed E-state index contributed by atoms with van der Waals surface area (Å²) in [7, 11) is -0.587. The van der Waals surface area contributed by atoms with Crippen LogP contribution >= 0.6 is 7.92 Å². The van der Waals surface area contributed by atoms with Gasteiger partial charge in [-0.3, -0.25) is 4.79 Å². The molecule has 23 heavy (non-hydrogen) atoms. The van der Waals surface area contributed by atoms with E-state index in [4.69, 9.17) is 4.74 Å². The number of carbonyl (C=O) groups excluding carboxylic acids is 1. The van der Waals surface area contributed by atoms with Gasteiger partial charge in [-0.15, -0.1) is 0 Å². The second-order valence-electron chi connectivity index (χ2n) is 6.68. The van der Waals surface area contributed by atoms with Crippen molar-refractivity contribution in [3.05, 3.63) is 60.7 Å². The average Bonchev–Trinajstić information content (AvgIpc) is 2.47. The fourth-order valence-electron chi connectivity index (χ4n) is 2.55. The maximum Gasteiger partial charge on any atom is 0.306 e. The molecule has 0 aliphatic heterocycles. The summed E-state index contributed by atoms with van der Waals surface area (Å²) < 4.78 is 5.50. The molecule has 2 rings (SSSR count). The summed E-state index contributed by atoms with van der Waals surface area (Å²) >= 11 is 0. The van der Waals surface area contributed by atoms with Gasteiger partial charge in [0.15, 0.2) is 0 Å². The van der Waals surface area contributed by atoms with Gasteiger partial charge in [0.2, 0.25) is 0 Å². The molecule has 0 N–H and O–H groups in total. The van der Waals surface area contributed by atoms with Gasteiger partial charge in [-0.05, 0) is 45.0 Å². The van der Waals surface area contributed by atoms with E-state index < -0.39 is 13.5 Å². The molecule has 0 saturated carbocycles. The fraction of sp³-hybridized carbons (Fsp3) is 0.350. The highest BCUT2D eigenvalue weighted by molar-refractivity contribution is 7.73. The third-order valence-electron chi connectivity index (χ3n) is 3.39. The molecule has 0 aliphatic rings. The van der Waals surface area contributed by atoms with Gasteiger partial charge in [0, 0.05) is 0 Å². The van der Waals surface area contributed by atoms with E-state index in [9.17, 15) is 4.79 Å². The Bertz CT molecular complexity index is 578. The number of carbonyl (C=O) groups is 1. The van der Waals surface area contributed by atoms with E-state index in [0.29, 0.717) is 6.42 Å². The van der Waals surface area contributed by atoms with Crippen LogP contribution in [-0.4, -0.2) is 17.2 Å². The zero-order chi connectivity index (χ0) is 16.9. The summed E-state index contributed by atoms with van der Waals surface area (Å²) in [5.41, 5.74) is -0.205. The van der Waals surface area contributed by atoms with Crippen LogP contribution in [0.15, 0.2) is 60.7 Å². The Morgan fingerprint density at radius 3 is 1.78 bits per heavy atom. The standard InChI is InChI=1S/C20H25O2P/c1-16(15-19(21)22-20(2,3)4)23(17-11-7-5-8-12-17)18-13-9-6-10-14-18/h5-14,16H,15H2,1-4H3. The molecule has 0 aromatic heterocycles. The third kappa shape index (κ3) is 5.48. The smallest absolute Gasteiger partial charge is 0.306 e. The van der Waals surface area contributed by atoms with Crippen LogP contribution in [0.5, 0.6) is 0 Å². The number of rotatable bonds is 5. The van der Waals surface area contributed by atoms with Crippen LogP contribution in [0, 0.1) is 0 Å². The summed E-state index contributed by atoms with van der Waals surface area (Å²) in [6.07, 6.45) is 0.437. The normalized spacial score (nSPS) is 12.9. The Kier molecular flexibility index (Phi) is 5.96. The minimum Gasteiger partial charge on any atom is -0.460 e. The van der Waals surface area contributed by atoms with Crippen LogP contribution in [0.3, 0.4) is 0 Å². The highest BCUT2D eigenvalue weighted by Gasteiger charge is 2.25. The Balaban J connectivity index is 2.22. The number of hydrogen-bond donors (Lipinski definition) is 0. The van der Waals surface area contributed by atoms with Gasteiger partial charge in [0.05, 0.1) is 6.42 Å². The van der Waals surface area contributed by atoms with Crippen molar-refractivity contribution in [1.29, 1.82) is 0 Å². The van der Waals surface area contributed by atoms with Crippen molar-refractivity contribution >= 4 is 24.5 Å². The van der Waals surface area contributed by atoms with Crippen LogP contribution in [-0.2, 0) is 9.53 Å². The fourth-order valence-corrected chi connectivity index (χ4v) is 5.19. The molecule has 1 unspecified atom stereocenters. The molecule has 122 valence electrons. The van der Waals surface area contributed by atoms with Crippen molar-refractivity contribution in [2.24, 2.45) is 0 Å². The van der Waals surface area contributed by atoms with E-state index in [1.165, 1.54) is 10.6 Å². The number of ether oxygens (including phenoxy) is 1. The van der Waals surface area contributed by atoms with Crippen LogP contribution in [0.25, 0.3) is 0 Å². The van der Waals surface area contributed by atoms with E-state index >= 15 is 0 Å².